The molecule has 1 spiro atoms. The first-order chi connectivity index (χ1) is 13.3. The van der Waals surface area contributed by atoms with Crippen molar-refractivity contribution >= 4 is 23.4 Å². The van der Waals surface area contributed by atoms with Crippen molar-refractivity contribution in [2.24, 2.45) is 0 Å². The average Bonchev–Trinajstić information content (AvgIpc) is 3.01. The van der Waals surface area contributed by atoms with E-state index in [1.807, 2.05) is 17.8 Å². The van der Waals surface area contributed by atoms with Crippen LogP contribution in [0.2, 0.25) is 5.02 Å². The van der Waals surface area contributed by atoms with E-state index in [2.05, 4.69) is 84.9 Å². The summed E-state index contributed by atoms with van der Waals surface area (Å²) >= 11 is 8.76. The Morgan fingerprint density at radius 1 is 0.556 bits per heavy atom. The lowest BCUT2D eigenvalue weighted by Gasteiger charge is -2.39. The van der Waals surface area contributed by atoms with E-state index in [1.54, 1.807) is 0 Å². The molecule has 1 aliphatic heterocycles. The molecule has 0 N–H and O–H groups in total. The lowest BCUT2D eigenvalue weighted by Crippen LogP contribution is -2.32. The molecule has 0 saturated heterocycles. The molecule has 0 bridgehead atoms. The van der Waals surface area contributed by atoms with Gasteiger partial charge in [-0.05, 0) is 51.6 Å². The van der Waals surface area contributed by atoms with Crippen LogP contribution in [-0.4, -0.2) is 0 Å². The third-order valence-corrected chi connectivity index (χ3v) is 7.28. The second-order valence-electron chi connectivity index (χ2n) is 7.05. The first kappa shape index (κ1) is 15.6. The number of fused-ring (bicyclic) bond motifs is 9. The lowest BCUT2D eigenvalue weighted by atomic mass is 9.67. The molecular formula is C25H15ClS. The molecular weight excluding hydrogens is 368 g/mol. The molecule has 2 aliphatic rings. The molecule has 0 amide bonds. The molecule has 0 saturated carbocycles. The summed E-state index contributed by atoms with van der Waals surface area (Å²) < 4.78 is 0. The second-order valence-corrected chi connectivity index (χ2v) is 8.54. The van der Waals surface area contributed by atoms with Crippen molar-refractivity contribution in [1.29, 1.82) is 0 Å². The molecule has 27 heavy (non-hydrogen) atoms. The number of rotatable bonds is 0. The smallest absolute Gasteiger partial charge is 0.0749 e. The van der Waals surface area contributed by atoms with Gasteiger partial charge in [0.25, 0.3) is 0 Å². The minimum absolute atomic E-state index is 0.358. The molecule has 0 fully saturated rings. The minimum atomic E-state index is -0.358. The first-order valence-electron chi connectivity index (χ1n) is 9.07. The van der Waals surface area contributed by atoms with E-state index in [0.717, 1.165) is 5.02 Å². The minimum Gasteiger partial charge on any atom is -0.0894 e. The largest absolute Gasteiger partial charge is 0.0894 e. The van der Waals surface area contributed by atoms with Crippen LogP contribution in [0, 0.1) is 0 Å². The third-order valence-electron chi connectivity index (χ3n) is 5.81. The van der Waals surface area contributed by atoms with Crippen molar-refractivity contribution in [2.75, 3.05) is 0 Å². The summed E-state index contributed by atoms with van der Waals surface area (Å²) in [5.74, 6) is 0. The first-order valence-corrected chi connectivity index (χ1v) is 10.3. The fraction of sp³-hybridized carbons (Fsp3) is 0.0400. The van der Waals surface area contributed by atoms with Crippen LogP contribution in [0.3, 0.4) is 0 Å². The summed E-state index contributed by atoms with van der Waals surface area (Å²) in [7, 11) is 0. The van der Waals surface area contributed by atoms with Gasteiger partial charge in [-0.25, -0.2) is 0 Å². The molecule has 0 nitrogen and oxygen atoms in total. The van der Waals surface area contributed by atoms with Crippen LogP contribution < -0.4 is 0 Å². The SMILES string of the molecule is Clc1cccc2c1C1(c3ccccc3Sc3ccccc31)c1ccccc1-2. The van der Waals surface area contributed by atoms with E-state index in [9.17, 15) is 0 Å². The van der Waals surface area contributed by atoms with E-state index in [4.69, 9.17) is 11.6 Å². The van der Waals surface area contributed by atoms with Gasteiger partial charge in [0.05, 0.1) is 5.41 Å². The lowest BCUT2D eigenvalue weighted by molar-refractivity contribution is 0.722. The predicted molar refractivity (Wildman–Crippen MR) is 113 cm³/mol. The zero-order valence-corrected chi connectivity index (χ0v) is 16.0. The number of hydrogen-bond acceptors (Lipinski definition) is 1. The van der Waals surface area contributed by atoms with E-state index < -0.39 is 0 Å². The van der Waals surface area contributed by atoms with Crippen molar-refractivity contribution < 1.29 is 0 Å². The highest BCUT2D eigenvalue weighted by atomic mass is 35.5. The Hall–Kier alpha value is -2.48. The van der Waals surface area contributed by atoms with Crippen molar-refractivity contribution in [3.05, 3.63) is 118 Å². The summed E-state index contributed by atoms with van der Waals surface area (Å²) in [5.41, 5.74) is 7.37. The summed E-state index contributed by atoms with van der Waals surface area (Å²) in [6, 6.07) is 32.6. The van der Waals surface area contributed by atoms with E-state index in [-0.39, 0.29) is 5.41 Å². The third kappa shape index (κ3) is 1.86. The van der Waals surface area contributed by atoms with E-state index in [0.29, 0.717) is 0 Å². The average molecular weight is 383 g/mol. The molecule has 6 rings (SSSR count). The van der Waals surface area contributed by atoms with Crippen molar-refractivity contribution in [3.8, 4) is 11.1 Å². The quantitative estimate of drug-likeness (QED) is 0.268. The normalized spacial score (nSPS) is 15.0. The summed E-state index contributed by atoms with van der Waals surface area (Å²) in [6.07, 6.45) is 0. The van der Waals surface area contributed by atoms with Gasteiger partial charge < -0.3 is 0 Å². The van der Waals surface area contributed by atoms with Gasteiger partial charge in [0.15, 0.2) is 0 Å². The van der Waals surface area contributed by atoms with Crippen LogP contribution in [0.25, 0.3) is 11.1 Å². The van der Waals surface area contributed by atoms with Gasteiger partial charge in [-0.1, -0.05) is 96.2 Å². The van der Waals surface area contributed by atoms with Crippen LogP contribution in [0.1, 0.15) is 22.3 Å². The Balaban J connectivity index is 1.89. The molecule has 1 heterocycles. The maximum absolute atomic E-state index is 6.91. The monoisotopic (exact) mass is 382 g/mol. The molecule has 128 valence electrons. The number of hydrogen-bond donors (Lipinski definition) is 0. The van der Waals surface area contributed by atoms with Crippen molar-refractivity contribution in [1.82, 2.24) is 0 Å². The van der Waals surface area contributed by atoms with Crippen molar-refractivity contribution in [3.63, 3.8) is 0 Å². The van der Waals surface area contributed by atoms with Gasteiger partial charge in [-0.15, -0.1) is 0 Å². The highest BCUT2D eigenvalue weighted by Gasteiger charge is 2.50. The molecule has 1 aliphatic carbocycles. The molecule has 4 aromatic carbocycles. The Bertz CT molecular complexity index is 1180. The van der Waals surface area contributed by atoms with Gasteiger partial charge in [0, 0.05) is 14.8 Å². The van der Waals surface area contributed by atoms with Gasteiger partial charge in [-0.2, -0.15) is 0 Å². The van der Waals surface area contributed by atoms with Gasteiger partial charge in [0.2, 0.25) is 0 Å². The maximum atomic E-state index is 6.91. The number of halogens is 1. The standard InChI is InChI=1S/C25H15ClS/c26-21-13-7-9-17-16-8-1-2-10-18(16)25(24(17)21)19-11-3-5-14-22(19)27-23-15-6-4-12-20(23)25/h1-15H. The van der Waals surface area contributed by atoms with Crippen LogP contribution in [0.4, 0.5) is 0 Å². The maximum Gasteiger partial charge on any atom is 0.0749 e. The summed E-state index contributed by atoms with van der Waals surface area (Å²) in [4.78, 5) is 2.61. The zero-order valence-electron chi connectivity index (χ0n) is 14.4. The fourth-order valence-corrected chi connectivity index (χ4v) is 6.37. The zero-order chi connectivity index (χ0) is 18.0. The number of benzene rings is 4. The predicted octanol–water partition coefficient (Wildman–Crippen LogP) is 7.17. The summed E-state index contributed by atoms with van der Waals surface area (Å²) in [6.45, 7) is 0. The van der Waals surface area contributed by atoms with Crippen molar-refractivity contribution in [2.45, 2.75) is 15.2 Å². The van der Waals surface area contributed by atoms with Crippen LogP contribution >= 0.6 is 23.4 Å². The van der Waals surface area contributed by atoms with E-state index >= 15 is 0 Å². The highest BCUT2D eigenvalue weighted by Crippen LogP contribution is 2.63. The summed E-state index contributed by atoms with van der Waals surface area (Å²) in [5, 5.41) is 0.834. The van der Waals surface area contributed by atoms with Gasteiger partial charge in [-0.3, -0.25) is 0 Å². The van der Waals surface area contributed by atoms with Crippen LogP contribution in [0.15, 0.2) is 101 Å². The fourth-order valence-electron chi connectivity index (χ4n) is 4.86. The second kappa shape index (κ2) is 5.51. The van der Waals surface area contributed by atoms with E-state index in [1.165, 1.54) is 43.2 Å². The Morgan fingerprint density at radius 3 is 1.81 bits per heavy atom. The Labute approximate surface area is 167 Å². The van der Waals surface area contributed by atoms with Crippen LogP contribution in [0.5, 0.6) is 0 Å². The Kier molecular flexibility index (Phi) is 3.18. The molecule has 0 atom stereocenters. The highest BCUT2D eigenvalue weighted by molar-refractivity contribution is 7.99. The molecule has 0 aromatic heterocycles. The molecule has 2 heteroatoms. The molecule has 4 aromatic rings. The molecule has 0 radical (unpaired) electrons. The van der Waals surface area contributed by atoms with Crippen LogP contribution in [-0.2, 0) is 5.41 Å². The van der Waals surface area contributed by atoms with Gasteiger partial charge in [0.1, 0.15) is 0 Å². The molecule has 0 unspecified atom stereocenters. The van der Waals surface area contributed by atoms with Gasteiger partial charge >= 0.3 is 0 Å². The Morgan fingerprint density at radius 2 is 1.11 bits per heavy atom. The topological polar surface area (TPSA) is 0 Å².